The smallest absolute Gasteiger partial charge is 0.162 e. The maximum absolute atomic E-state index is 5.79. The van der Waals surface area contributed by atoms with Crippen LogP contribution in [0.15, 0.2) is 16.8 Å². The molecule has 1 aromatic heterocycles. The van der Waals surface area contributed by atoms with Crippen molar-refractivity contribution in [1.29, 1.82) is 0 Å². The van der Waals surface area contributed by atoms with Gasteiger partial charge in [0.2, 0.25) is 0 Å². The quantitative estimate of drug-likeness (QED) is 0.832. The Kier molecular flexibility index (Phi) is 2.76. The third-order valence-corrected chi connectivity index (χ3v) is 3.90. The summed E-state index contributed by atoms with van der Waals surface area (Å²) >= 11 is 1.68. The van der Waals surface area contributed by atoms with Crippen LogP contribution in [0.2, 0.25) is 0 Å². The van der Waals surface area contributed by atoms with Crippen molar-refractivity contribution in [2.45, 2.75) is 31.4 Å². The molecule has 0 radical (unpaired) electrons. The van der Waals surface area contributed by atoms with E-state index in [1.807, 2.05) is 13.8 Å². The van der Waals surface area contributed by atoms with Crippen LogP contribution in [0.1, 0.15) is 25.6 Å². The molecule has 0 aromatic carbocycles. The zero-order valence-electron chi connectivity index (χ0n) is 10.1. The van der Waals surface area contributed by atoms with Gasteiger partial charge in [-0.3, -0.25) is 5.32 Å². The van der Waals surface area contributed by atoms with Gasteiger partial charge in [0, 0.05) is 5.56 Å². The van der Waals surface area contributed by atoms with Crippen LogP contribution in [0.4, 0.5) is 0 Å². The summed E-state index contributed by atoms with van der Waals surface area (Å²) in [6.07, 6.45) is -0.0327. The molecule has 0 amide bonds. The second-order valence-electron chi connectivity index (χ2n) is 5.15. The van der Waals surface area contributed by atoms with E-state index in [1.54, 1.807) is 11.3 Å². The molecule has 2 saturated heterocycles. The first-order chi connectivity index (χ1) is 8.09. The summed E-state index contributed by atoms with van der Waals surface area (Å²) in [6.45, 7) is 5.75. The van der Waals surface area contributed by atoms with E-state index in [2.05, 4.69) is 22.1 Å². The van der Waals surface area contributed by atoms with Crippen LogP contribution in [0.5, 0.6) is 0 Å². The third-order valence-electron chi connectivity index (χ3n) is 3.20. The highest BCUT2D eigenvalue weighted by atomic mass is 32.1. The average molecular weight is 255 g/mol. The summed E-state index contributed by atoms with van der Waals surface area (Å²) in [7, 11) is 0. The van der Waals surface area contributed by atoms with Crippen molar-refractivity contribution in [2.75, 3.05) is 19.8 Å². The molecule has 1 atom stereocenters. The summed E-state index contributed by atoms with van der Waals surface area (Å²) in [4.78, 5) is 0. The van der Waals surface area contributed by atoms with Crippen molar-refractivity contribution in [2.24, 2.45) is 0 Å². The van der Waals surface area contributed by atoms with Gasteiger partial charge in [0.05, 0.1) is 25.4 Å². The molecule has 0 saturated carbocycles. The number of hydrogen-bond acceptors (Lipinski definition) is 5. The minimum atomic E-state index is -0.479. The van der Waals surface area contributed by atoms with Crippen LogP contribution in [0.3, 0.4) is 0 Å². The first kappa shape index (κ1) is 11.6. The van der Waals surface area contributed by atoms with E-state index >= 15 is 0 Å². The van der Waals surface area contributed by atoms with E-state index in [0.29, 0.717) is 19.8 Å². The maximum Gasteiger partial charge on any atom is 0.162 e. The Hall–Kier alpha value is -0.460. The SMILES string of the molecule is CC1(C)OCC2(COC(c3ccsc3)N2)CO1. The normalized spacial score (nSPS) is 30.8. The van der Waals surface area contributed by atoms with Crippen LogP contribution in [-0.4, -0.2) is 31.1 Å². The van der Waals surface area contributed by atoms with Gasteiger partial charge in [-0.1, -0.05) is 0 Å². The van der Waals surface area contributed by atoms with Gasteiger partial charge in [0.1, 0.15) is 6.23 Å². The van der Waals surface area contributed by atoms with E-state index in [4.69, 9.17) is 14.2 Å². The average Bonchev–Trinajstić information content (AvgIpc) is 2.93. The fourth-order valence-corrected chi connectivity index (χ4v) is 2.76. The van der Waals surface area contributed by atoms with Gasteiger partial charge < -0.3 is 14.2 Å². The molecule has 17 heavy (non-hydrogen) atoms. The zero-order chi connectivity index (χ0) is 11.9. The molecule has 2 aliphatic heterocycles. The van der Waals surface area contributed by atoms with E-state index in [-0.39, 0.29) is 11.8 Å². The molecule has 1 spiro atoms. The molecule has 3 rings (SSSR count). The molecule has 2 fully saturated rings. The van der Waals surface area contributed by atoms with Crippen LogP contribution in [0.25, 0.3) is 0 Å². The number of thiophene rings is 1. The monoisotopic (exact) mass is 255 g/mol. The van der Waals surface area contributed by atoms with E-state index in [9.17, 15) is 0 Å². The number of ether oxygens (including phenoxy) is 3. The first-order valence-corrected chi connectivity index (χ1v) is 6.72. The second kappa shape index (κ2) is 4.03. The highest BCUT2D eigenvalue weighted by Crippen LogP contribution is 2.32. The van der Waals surface area contributed by atoms with Crippen molar-refractivity contribution in [3.8, 4) is 0 Å². The summed E-state index contributed by atoms with van der Waals surface area (Å²) < 4.78 is 17.2. The Morgan fingerprint density at radius 2 is 2.06 bits per heavy atom. The number of hydrogen-bond donors (Lipinski definition) is 1. The van der Waals surface area contributed by atoms with Crippen molar-refractivity contribution >= 4 is 11.3 Å². The van der Waals surface area contributed by atoms with Crippen molar-refractivity contribution in [3.05, 3.63) is 22.4 Å². The predicted octanol–water partition coefficient (Wildman–Crippen LogP) is 1.89. The fraction of sp³-hybridized carbons (Fsp3) is 0.667. The molecule has 2 aliphatic rings. The lowest BCUT2D eigenvalue weighted by Crippen LogP contribution is -2.58. The standard InChI is InChI=1S/C12H17NO3S/c1-11(2)15-7-12(8-16-11)6-14-10(13-12)9-3-4-17-5-9/h3-5,10,13H,6-8H2,1-2H3. The second-order valence-corrected chi connectivity index (χ2v) is 5.93. The van der Waals surface area contributed by atoms with Crippen LogP contribution < -0.4 is 5.32 Å². The molecule has 4 nitrogen and oxygen atoms in total. The van der Waals surface area contributed by atoms with Gasteiger partial charge in [-0.2, -0.15) is 11.3 Å². The Labute approximate surface area is 105 Å². The van der Waals surface area contributed by atoms with Gasteiger partial charge >= 0.3 is 0 Å². The summed E-state index contributed by atoms with van der Waals surface area (Å²) in [5.41, 5.74) is 0.985. The lowest BCUT2D eigenvalue weighted by Gasteiger charge is -2.40. The molecule has 94 valence electrons. The van der Waals surface area contributed by atoms with Crippen molar-refractivity contribution in [3.63, 3.8) is 0 Å². The molecule has 3 heterocycles. The van der Waals surface area contributed by atoms with Crippen LogP contribution in [0, 0.1) is 0 Å². The number of nitrogens with one attached hydrogen (secondary N) is 1. The van der Waals surface area contributed by atoms with Crippen LogP contribution >= 0.6 is 11.3 Å². The van der Waals surface area contributed by atoms with Crippen LogP contribution in [-0.2, 0) is 14.2 Å². The molecule has 5 heteroatoms. The molecule has 0 bridgehead atoms. The highest BCUT2D eigenvalue weighted by molar-refractivity contribution is 7.07. The largest absolute Gasteiger partial charge is 0.357 e. The predicted molar refractivity (Wildman–Crippen MR) is 64.9 cm³/mol. The van der Waals surface area contributed by atoms with Crippen molar-refractivity contribution < 1.29 is 14.2 Å². The number of rotatable bonds is 1. The minimum Gasteiger partial charge on any atom is -0.357 e. The molecular weight excluding hydrogens is 238 g/mol. The third kappa shape index (κ3) is 2.26. The maximum atomic E-state index is 5.79. The van der Waals surface area contributed by atoms with Crippen molar-refractivity contribution in [1.82, 2.24) is 5.32 Å². The Bertz CT molecular complexity index is 380. The van der Waals surface area contributed by atoms with Gasteiger partial charge in [0.15, 0.2) is 5.79 Å². The van der Waals surface area contributed by atoms with Gasteiger partial charge in [0.25, 0.3) is 0 Å². The van der Waals surface area contributed by atoms with E-state index in [1.165, 1.54) is 5.56 Å². The lowest BCUT2D eigenvalue weighted by atomic mass is 10.0. The Balaban J connectivity index is 1.68. The molecule has 1 N–H and O–H groups in total. The zero-order valence-corrected chi connectivity index (χ0v) is 10.9. The minimum absolute atomic E-state index is 0.0327. The van der Waals surface area contributed by atoms with E-state index < -0.39 is 5.79 Å². The Morgan fingerprint density at radius 3 is 2.71 bits per heavy atom. The molecular formula is C12H17NO3S. The summed E-state index contributed by atoms with van der Waals surface area (Å²) in [5, 5.41) is 7.64. The van der Waals surface area contributed by atoms with Gasteiger partial charge in [-0.05, 0) is 30.7 Å². The lowest BCUT2D eigenvalue weighted by molar-refractivity contribution is -0.269. The van der Waals surface area contributed by atoms with Gasteiger partial charge in [-0.15, -0.1) is 0 Å². The Morgan fingerprint density at radius 1 is 1.29 bits per heavy atom. The fourth-order valence-electron chi connectivity index (χ4n) is 2.08. The topological polar surface area (TPSA) is 39.7 Å². The van der Waals surface area contributed by atoms with E-state index in [0.717, 1.165) is 0 Å². The molecule has 1 aromatic rings. The highest BCUT2D eigenvalue weighted by Gasteiger charge is 2.46. The molecule has 0 aliphatic carbocycles. The van der Waals surface area contributed by atoms with Gasteiger partial charge in [-0.25, -0.2) is 0 Å². The summed E-state index contributed by atoms with van der Waals surface area (Å²) in [5.74, 6) is -0.479. The molecule has 1 unspecified atom stereocenters. The first-order valence-electron chi connectivity index (χ1n) is 5.78. The summed E-state index contributed by atoms with van der Waals surface area (Å²) in [6, 6.07) is 2.08.